The first-order valence-electron chi connectivity index (χ1n) is 8.35. The van der Waals surface area contributed by atoms with Gasteiger partial charge in [0, 0.05) is 19.6 Å². The Morgan fingerprint density at radius 3 is 2.92 bits per heavy atom. The van der Waals surface area contributed by atoms with E-state index in [4.69, 9.17) is 14.6 Å². The summed E-state index contributed by atoms with van der Waals surface area (Å²) in [5.74, 6) is -0.285. The van der Waals surface area contributed by atoms with Crippen molar-refractivity contribution >= 4 is 16.9 Å². The van der Waals surface area contributed by atoms with E-state index in [-0.39, 0.29) is 11.2 Å². The molecule has 26 heavy (non-hydrogen) atoms. The number of rotatable bonds is 5. The van der Waals surface area contributed by atoms with Gasteiger partial charge in [-0.3, -0.25) is 20.5 Å². The fraction of sp³-hybridized carbons (Fsp3) is 0.375. The van der Waals surface area contributed by atoms with E-state index in [1.165, 1.54) is 17.3 Å². The second kappa shape index (κ2) is 7.10. The SMILES string of the molecule is N=c1c2cnn(CCN3CCOCC3)c2ncn1NC(=O)c1ccco1. The molecule has 10 heteroatoms. The lowest BCUT2D eigenvalue weighted by atomic mass is 10.4. The lowest BCUT2D eigenvalue weighted by molar-refractivity contribution is 0.0361. The maximum absolute atomic E-state index is 12.1. The van der Waals surface area contributed by atoms with Crippen molar-refractivity contribution in [3.63, 3.8) is 0 Å². The molecule has 0 radical (unpaired) electrons. The Morgan fingerprint density at radius 2 is 2.15 bits per heavy atom. The maximum Gasteiger partial charge on any atom is 0.305 e. The summed E-state index contributed by atoms with van der Waals surface area (Å²) in [6.07, 6.45) is 4.42. The summed E-state index contributed by atoms with van der Waals surface area (Å²) in [4.78, 5) is 18.7. The van der Waals surface area contributed by atoms with Crippen LogP contribution in [0.25, 0.3) is 11.0 Å². The molecule has 3 aromatic rings. The van der Waals surface area contributed by atoms with Crippen molar-refractivity contribution in [2.24, 2.45) is 0 Å². The highest BCUT2D eigenvalue weighted by atomic mass is 16.5. The van der Waals surface area contributed by atoms with Gasteiger partial charge in [0.2, 0.25) is 0 Å². The third kappa shape index (κ3) is 3.24. The third-order valence-electron chi connectivity index (χ3n) is 4.30. The highest BCUT2D eigenvalue weighted by molar-refractivity contribution is 5.97. The maximum atomic E-state index is 12.1. The average molecular weight is 357 g/mol. The zero-order valence-corrected chi connectivity index (χ0v) is 14.1. The van der Waals surface area contributed by atoms with E-state index in [0.717, 1.165) is 32.8 Å². The molecule has 4 heterocycles. The summed E-state index contributed by atoms with van der Waals surface area (Å²) in [6, 6.07) is 3.18. The molecule has 2 N–H and O–H groups in total. The van der Waals surface area contributed by atoms with Crippen LogP contribution in [0.2, 0.25) is 0 Å². The molecule has 1 aliphatic heterocycles. The predicted octanol–water partition coefficient (Wildman–Crippen LogP) is 0.0214. The Kier molecular flexibility index (Phi) is 4.50. The minimum Gasteiger partial charge on any atom is -0.459 e. The summed E-state index contributed by atoms with van der Waals surface area (Å²) in [5.41, 5.74) is 3.29. The Labute approximate surface area is 148 Å². The summed E-state index contributed by atoms with van der Waals surface area (Å²) < 4.78 is 13.4. The molecule has 136 valence electrons. The van der Waals surface area contributed by atoms with E-state index in [1.54, 1.807) is 23.0 Å². The number of hydrogen-bond acceptors (Lipinski definition) is 7. The van der Waals surface area contributed by atoms with Gasteiger partial charge in [0.25, 0.3) is 0 Å². The molecule has 0 aromatic carbocycles. The molecule has 1 saturated heterocycles. The minimum absolute atomic E-state index is 0.104. The zero-order chi connectivity index (χ0) is 17.9. The van der Waals surface area contributed by atoms with Crippen LogP contribution < -0.4 is 10.9 Å². The number of aromatic nitrogens is 4. The fourth-order valence-corrected chi connectivity index (χ4v) is 2.86. The summed E-state index contributed by atoms with van der Waals surface area (Å²) in [6.45, 7) is 4.86. The molecule has 3 aromatic heterocycles. The van der Waals surface area contributed by atoms with Crippen LogP contribution in [0, 0.1) is 5.41 Å². The number of furan rings is 1. The number of carbonyl (C=O) groups excluding carboxylic acids is 1. The van der Waals surface area contributed by atoms with Crippen molar-refractivity contribution in [1.29, 1.82) is 5.41 Å². The number of amides is 1. The highest BCUT2D eigenvalue weighted by Crippen LogP contribution is 2.07. The molecular weight excluding hydrogens is 338 g/mol. The van der Waals surface area contributed by atoms with Crippen LogP contribution >= 0.6 is 0 Å². The highest BCUT2D eigenvalue weighted by Gasteiger charge is 2.14. The number of ether oxygens (including phenoxy) is 1. The van der Waals surface area contributed by atoms with Crippen molar-refractivity contribution in [3.8, 4) is 0 Å². The van der Waals surface area contributed by atoms with Crippen LogP contribution in [-0.4, -0.2) is 63.1 Å². The molecule has 0 atom stereocenters. The fourth-order valence-electron chi connectivity index (χ4n) is 2.86. The van der Waals surface area contributed by atoms with E-state index >= 15 is 0 Å². The molecule has 0 unspecified atom stereocenters. The molecule has 10 nitrogen and oxygen atoms in total. The zero-order valence-electron chi connectivity index (χ0n) is 14.1. The number of morpholine rings is 1. The Morgan fingerprint density at radius 1 is 1.31 bits per heavy atom. The molecule has 4 rings (SSSR count). The predicted molar refractivity (Wildman–Crippen MR) is 91.0 cm³/mol. The van der Waals surface area contributed by atoms with Crippen molar-refractivity contribution in [1.82, 2.24) is 24.3 Å². The van der Waals surface area contributed by atoms with Gasteiger partial charge in [0.1, 0.15) is 6.33 Å². The van der Waals surface area contributed by atoms with Crippen molar-refractivity contribution in [2.75, 3.05) is 38.3 Å². The van der Waals surface area contributed by atoms with Gasteiger partial charge in [0.15, 0.2) is 16.9 Å². The molecule has 0 aliphatic carbocycles. The van der Waals surface area contributed by atoms with Gasteiger partial charge < -0.3 is 9.15 Å². The molecule has 0 spiro atoms. The second-order valence-corrected chi connectivity index (χ2v) is 5.94. The van der Waals surface area contributed by atoms with Gasteiger partial charge >= 0.3 is 5.91 Å². The molecule has 0 saturated carbocycles. The van der Waals surface area contributed by atoms with Gasteiger partial charge in [-0.05, 0) is 12.1 Å². The van der Waals surface area contributed by atoms with Crippen LogP contribution in [0.1, 0.15) is 10.6 Å². The van der Waals surface area contributed by atoms with Crippen molar-refractivity contribution in [3.05, 3.63) is 42.2 Å². The number of hydrogen-bond donors (Lipinski definition) is 2. The first kappa shape index (κ1) is 16.5. The molecule has 0 bridgehead atoms. The summed E-state index contributed by atoms with van der Waals surface area (Å²) >= 11 is 0. The molecule has 1 fully saturated rings. The van der Waals surface area contributed by atoms with Crippen LogP contribution in [0.4, 0.5) is 0 Å². The van der Waals surface area contributed by atoms with Gasteiger partial charge in [-0.25, -0.2) is 14.3 Å². The molecular formula is C16H19N7O3. The monoisotopic (exact) mass is 357 g/mol. The molecule has 1 amide bonds. The second-order valence-electron chi connectivity index (χ2n) is 5.94. The quantitative estimate of drug-likeness (QED) is 0.665. The smallest absolute Gasteiger partial charge is 0.305 e. The average Bonchev–Trinajstić information content (AvgIpc) is 3.33. The standard InChI is InChI=1S/C16H19N7O3/c17-14-12-10-19-22(4-3-21-5-8-25-9-6-21)15(12)18-11-23(14)20-16(24)13-2-1-7-26-13/h1-2,7,10-11,17H,3-6,8-9H2,(H,20,24). The van der Waals surface area contributed by atoms with E-state index < -0.39 is 5.91 Å². The molecule has 1 aliphatic rings. The van der Waals surface area contributed by atoms with E-state index in [0.29, 0.717) is 17.6 Å². The van der Waals surface area contributed by atoms with E-state index in [2.05, 4.69) is 20.4 Å². The minimum atomic E-state index is -0.450. The Bertz CT molecular complexity index is 954. The normalized spacial score (nSPS) is 15.4. The van der Waals surface area contributed by atoms with Gasteiger partial charge in [-0.15, -0.1) is 0 Å². The van der Waals surface area contributed by atoms with E-state index in [9.17, 15) is 4.79 Å². The first-order chi connectivity index (χ1) is 12.7. The van der Waals surface area contributed by atoms with E-state index in [1.807, 2.05) is 0 Å². The Balaban J connectivity index is 1.51. The van der Waals surface area contributed by atoms with Crippen LogP contribution in [0.15, 0.2) is 35.3 Å². The van der Waals surface area contributed by atoms with Gasteiger partial charge in [-0.1, -0.05) is 0 Å². The Hall–Kier alpha value is -2.98. The van der Waals surface area contributed by atoms with Crippen LogP contribution in [0.5, 0.6) is 0 Å². The lowest BCUT2D eigenvalue weighted by Gasteiger charge is -2.26. The third-order valence-corrected chi connectivity index (χ3v) is 4.30. The number of fused-ring (bicyclic) bond motifs is 1. The topological polar surface area (TPSA) is 114 Å². The van der Waals surface area contributed by atoms with Crippen molar-refractivity contribution in [2.45, 2.75) is 6.54 Å². The van der Waals surface area contributed by atoms with Gasteiger partial charge in [-0.2, -0.15) is 5.10 Å². The van der Waals surface area contributed by atoms with Crippen molar-refractivity contribution < 1.29 is 13.9 Å². The number of nitrogens with zero attached hydrogens (tertiary/aromatic N) is 5. The summed E-state index contributed by atoms with van der Waals surface area (Å²) in [7, 11) is 0. The first-order valence-corrected chi connectivity index (χ1v) is 8.35. The van der Waals surface area contributed by atoms with Gasteiger partial charge in [0.05, 0.1) is 37.6 Å². The summed E-state index contributed by atoms with van der Waals surface area (Å²) in [5, 5.41) is 13.2. The lowest BCUT2D eigenvalue weighted by Crippen LogP contribution is -2.38. The van der Waals surface area contributed by atoms with Crippen LogP contribution in [-0.2, 0) is 11.3 Å². The number of carbonyl (C=O) groups is 1. The number of nitrogens with one attached hydrogen (secondary N) is 2. The largest absolute Gasteiger partial charge is 0.459 e. The van der Waals surface area contributed by atoms with Crippen LogP contribution in [0.3, 0.4) is 0 Å².